The predicted octanol–water partition coefficient (Wildman–Crippen LogP) is 1.26. The second kappa shape index (κ2) is 7.66. The highest BCUT2D eigenvalue weighted by Gasteiger charge is 2.23. The van der Waals surface area contributed by atoms with Crippen LogP contribution >= 0.6 is 0 Å². The molecule has 0 bridgehead atoms. The molecule has 0 aliphatic carbocycles. The third-order valence-corrected chi connectivity index (χ3v) is 4.74. The van der Waals surface area contributed by atoms with E-state index in [9.17, 15) is 13.5 Å². The molecular weight excluding hydrogens is 346 g/mol. The summed E-state index contributed by atoms with van der Waals surface area (Å²) in [5.41, 5.74) is 1.69. The molecule has 9 heteroatoms. The van der Waals surface area contributed by atoms with Crippen LogP contribution in [0.3, 0.4) is 0 Å². The molecule has 1 aromatic heterocycles. The van der Waals surface area contributed by atoms with E-state index in [4.69, 9.17) is 9.47 Å². The Balaban J connectivity index is 2.47. The Morgan fingerprint density at radius 3 is 2.52 bits per heavy atom. The van der Waals surface area contributed by atoms with Crippen molar-refractivity contribution < 1.29 is 23.0 Å². The second-order valence-corrected chi connectivity index (χ2v) is 7.31. The maximum absolute atomic E-state index is 12.3. The molecule has 2 rings (SSSR count). The number of ether oxygens (including phenoxy) is 2. The monoisotopic (exact) mass is 367 g/mol. The first kappa shape index (κ1) is 18.9. The summed E-state index contributed by atoms with van der Waals surface area (Å²) in [4.78, 5) is 8.26. The molecule has 0 saturated heterocycles. The van der Waals surface area contributed by atoms with Crippen LogP contribution in [0.15, 0.2) is 24.4 Å². The van der Waals surface area contributed by atoms with Gasteiger partial charge in [-0.25, -0.2) is 22.7 Å². The van der Waals surface area contributed by atoms with Gasteiger partial charge in [0.1, 0.15) is 11.5 Å². The van der Waals surface area contributed by atoms with Crippen molar-refractivity contribution in [2.45, 2.75) is 20.1 Å². The van der Waals surface area contributed by atoms with Crippen molar-refractivity contribution in [3.05, 3.63) is 41.2 Å². The van der Waals surface area contributed by atoms with Gasteiger partial charge in [0, 0.05) is 17.8 Å². The van der Waals surface area contributed by atoms with Crippen LogP contribution in [0.2, 0.25) is 0 Å². The molecule has 0 aliphatic heterocycles. The Labute approximate surface area is 147 Å². The van der Waals surface area contributed by atoms with Crippen LogP contribution in [0.25, 0.3) is 0 Å². The minimum Gasteiger partial charge on any atom is -0.497 e. The van der Waals surface area contributed by atoms with Gasteiger partial charge in [-0.15, -0.1) is 0 Å². The Kier molecular flexibility index (Phi) is 5.81. The van der Waals surface area contributed by atoms with Gasteiger partial charge in [-0.05, 0) is 24.6 Å². The maximum Gasteiger partial charge on any atom is 0.239 e. The van der Waals surface area contributed by atoms with Gasteiger partial charge in [-0.2, -0.15) is 0 Å². The van der Waals surface area contributed by atoms with Crippen molar-refractivity contribution in [1.29, 1.82) is 0 Å². The molecule has 136 valence electrons. The maximum atomic E-state index is 12.3. The first-order valence-electron chi connectivity index (χ1n) is 7.42. The van der Waals surface area contributed by atoms with E-state index in [-0.39, 0.29) is 19.1 Å². The van der Waals surface area contributed by atoms with E-state index >= 15 is 0 Å². The SMILES string of the molecule is COc1ccc(CN(c2ncc(C)c(CO)n2)S(C)(=O)=O)c(OC)c1. The summed E-state index contributed by atoms with van der Waals surface area (Å²) in [5, 5.41) is 9.36. The molecule has 0 radical (unpaired) electrons. The molecular formula is C16H21N3O5S. The van der Waals surface area contributed by atoms with E-state index in [2.05, 4.69) is 9.97 Å². The number of nitrogens with zero attached hydrogens (tertiary/aromatic N) is 3. The zero-order valence-electron chi connectivity index (χ0n) is 14.6. The van der Waals surface area contributed by atoms with E-state index in [0.29, 0.717) is 28.3 Å². The van der Waals surface area contributed by atoms with Gasteiger partial charge in [-0.1, -0.05) is 0 Å². The number of rotatable bonds is 7. The van der Waals surface area contributed by atoms with E-state index in [1.807, 2.05) is 0 Å². The fourth-order valence-electron chi connectivity index (χ4n) is 2.22. The lowest BCUT2D eigenvalue weighted by atomic mass is 10.2. The molecule has 0 atom stereocenters. The standard InChI is InChI=1S/C16H21N3O5S/c1-11-8-17-16(18-14(11)10-20)19(25(4,21)22)9-12-5-6-13(23-2)7-15(12)24-3/h5-8,20H,9-10H2,1-4H3. The molecule has 0 unspecified atom stereocenters. The lowest BCUT2D eigenvalue weighted by molar-refractivity contribution is 0.276. The molecule has 1 aromatic carbocycles. The number of aromatic nitrogens is 2. The lowest BCUT2D eigenvalue weighted by Gasteiger charge is -2.22. The number of anilines is 1. The van der Waals surface area contributed by atoms with Crippen LogP contribution in [-0.2, 0) is 23.2 Å². The van der Waals surface area contributed by atoms with Gasteiger partial charge in [0.15, 0.2) is 0 Å². The molecule has 0 amide bonds. The van der Waals surface area contributed by atoms with Gasteiger partial charge in [0.25, 0.3) is 0 Å². The van der Waals surface area contributed by atoms with Crippen molar-refractivity contribution in [3.8, 4) is 11.5 Å². The number of hydrogen-bond acceptors (Lipinski definition) is 7. The Morgan fingerprint density at radius 2 is 1.96 bits per heavy atom. The highest BCUT2D eigenvalue weighted by Crippen LogP contribution is 2.27. The number of aliphatic hydroxyl groups is 1. The average molecular weight is 367 g/mol. The highest BCUT2D eigenvalue weighted by atomic mass is 32.2. The molecule has 8 nitrogen and oxygen atoms in total. The fraction of sp³-hybridized carbons (Fsp3) is 0.375. The van der Waals surface area contributed by atoms with Crippen LogP contribution in [0.5, 0.6) is 11.5 Å². The smallest absolute Gasteiger partial charge is 0.239 e. The Morgan fingerprint density at radius 1 is 1.24 bits per heavy atom. The van der Waals surface area contributed by atoms with Crippen LogP contribution < -0.4 is 13.8 Å². The summed E-state index contributed by atoms with van der Waals surface area (Å²) in [6.45, 7) is 1.43. The number of hydrogen-bond donors (Lipinski definition) is 1. The van der Waals surface area contributed by atoms with Crippen LogP contribution in [0.1, 0.15) is 16.8 Å². The third-order valence-electron chi connectivity index (χ3n) is 3.65. The van der Waals surface area contributed by atoms with Crippen molar-refractivity contribution in [1.82, 2.24) is 9.97 Å². The van der Waals surface area contributed by atoms with E-state index in [1.54, 1.807) is 25.1 Å². The first-order valence-corrected chi connectivity index (χ1v) is 9.27. The van der Waals surface area contributed by atoms with Crippen LogP contribution in [0.4, 0.5) is 5.95 Å². The highest BCUT2D eigenvalue weighted by molar-refractivity contribution is 7.92. The Hall–Kier alpha value is -2.39. The minimum atomic E-state index is -3.65. The molecule has 0 saturated carbocycles. The summed E-state index contributed by atoms with van der Waals surface area (Å²) in [6, 6.07) is 5.11. The summed E-state index contributed by atoms with van der Waals surface area (Å²) < 4.78 is 36.1. The van der Waals surface area contributed by atoms with Crippen LogP contribution in [0, 0.1) is 6.92 Å². The van der Waals surface area contributed by atoms with Gasteiger partial charge in [0.05, 0.1) is 39.3 Å². The number of benzene rings is 1. The topological polar surface area (TPSA) is 102 Å². The molecule has 25 heavy (non-hydrogen) atoms. The number of aryl methyl sites for hydroxylation is 1. The summed E-state index contributed by atoms with van der Waals surface area (Å²) >= 11 is 0. The molecule has 1 N–H and O–H groups in total. The van der Waals surface area contributed by atoms with Gasteiger partial charge < -0.3 is 14.6 Å². The van der Waals surface area contributed by atoms with Crippen LogP contribution in [-0.4, -0.2) is 44.0 Å². The average Bonchev–Trinajstić information content (AvgIpc) is 2.59. The third kappa shape index (κ3) is 4.37. The summed E-state index contributed by atoms with van der Waals surface area (Å²) in [5.74, 6) is 1.08. The van der Waals surface area contributed by atoms with E-state index in [0.717, 1.165) is 10.6 Å². The van der Waals surface area contributed by atoms with Gasteiger partial charge in [0.2, 0.25) is 16.0 Å². The molecule has 0 fully saturated rings. The first-order chi connectivity index (χ1) is 11.8. The lowest BCUT2D eigenvalue weighted by Crippen LogP contribution is -2.31. The number of sulfonamides is 1. The summed E-state index contributed by atoms with van der Waals surface area (Å²) in [7, 11) is -0.624. The quantitative estimate of drug-likeness (QED) is 0.786. The molecule has 0 aliphatic rings. The van der Waals surface area contributed by atoms with Crippen molar-refractivity contribution in [2.75, 3.05) is 24.8 Å². The Bertz CT molecular complexity index is 855. The minimum absolute atomic E-state index is 0.00461. The normalized spacial score (nSPS) is 11.2. The van der Waals surface area contributed by atoms with E-state index < -0.39 is 10.0 Å². The van der Waals surface area contributed by atoms with Gasteiger partial charge >= 0.3 is 0 Å². The molecule has 0 spiro atoms. The zero-order valence-corrected chi connectivity index (χ0v) is 15.4. The van der Waals surface area contributed by atoms with Crippen molar-refractivity contribution in [3.63, 3.8) is 0 Å². The fourth-order valence-corrected chi connectivity index (χ4v) is 2.98. The molecule has 1 heterocycles. The van der Waals surface area contributed by atoms with Crippen molar-refractivity contribution >= 4 is 16.0 Å². The predicted molar refractivity (Wildman–Crippen MR) is 93.3 cm³/mol. The zero-order chi connectivity index (χ0) is 18.6. The van der Waals surface area contributed by atoms with Crippen molar-refractivity contribution in [2.24, 2.45) is 0 Å². The second-order valence-electron chi connectivity index (χ2n) is 5.41. The summed E-state index contributed by atoms with van der Waals surface area (Å²) in [6.07, 6.45) is 2.56. The largest absolute Gasteiger partial charge is 0.497 e. The van der Waals surface area contributed by atoms with E-state index in [1.165, 1.54) is 20.4 Å². The molecule has 2 aromatic rings. The number of methoxy groups -OCH3 is 2. The number of aliphatic hydroxyl groups excluding tert-OH is 1. The van der Waals surface area contributed by atoms with Gasteiger partial charge in [-0.3, -0.25) is 0 Å².